The number of thioether (sulfide) groups is 1. The van der Waals surface area contributed by atoms with Crippen molar-refractivity contribution < 1.29 is 14.6 Å². The maximum absolute atomic E-state index is 13.3. The second kappa shape index (κ2) is 10.5. The Bertz CT molecular complexity index is 1150. The Labute approximate surface area is 208 Å². The van der Waals surface area contributed by atoms with E-state index >= 15 is 0 Å². The molecule has 33 heavy (non-hydrogen) atoms. The zero-order chi connectivity index (χ0) is 23.5. The quantitative estimate of drug-likeness (QED) is 0.266. The van der Waals surface area contributed by atoms with Crippen LogP contribution in [0.15, 0.2) is 39.7 Å². The molecule has 1 aromatic heterocycles. The van der Waals surface area contributed by atoms with Crippen LogP contribution >= 0.6 is 27.7 Å². The Morgan fingerprint density at radius 3 is 2.52 bits per heavy atom. The van der Waals surface area contributed by atoms with Crippen LogP contribution in [0.2, 0.25) is 0 Å². The van der Waals surface area contributed by atoms with Crippen LogP contribution in [-0.4, -0.2) is 40.2 Å². The number of rotatable bonds is 8. The molecule has 1 aliphatic rings. The molecular weight excluding hydrogens is 500 g/mol. The van der Waals surface area contributed by atoms with Gasteiger partial charge in [-0.2, -0.15) is 0 Å². The smallest absolute Gasteiger partial charge is 0.340 e. The van der Waals surface area contributed by atoms with Crippen molar-refractivity contribution >= 4 is 44.6 Å². The van der Waals surface area contributed by atoms with Crippen molar-refractivity contribution in [3.63, 3.8) is 0 Å². The number of ether oxygens (including phenoxy) is 1. The topological polar surface area (TPSA) is 54.7 Å². The van der Waals surface area contributed by atoms with Gasteiger partial charge in [0.15, 0.2) is 0 Å². The first-order valence-corrected chi connectivity index (χ1v) is 13.4. The van der Waals surface area contributed by atoms with Gasteiger partial charge in [-0.25, -0.2) is 4.79 Å². The fourth-order valence-electron chi connectivity index (χ4n) is 4.63. The van der Waals surface area contributed by atoms with Crippen LogP contribution in [-0.2, 0) is 23.6 Å². The van der Waals surface area contributed by atoms with E-state index in [4.69, 9.17) is 4.74 Å². The van der Waals surface area contributed by atoms with Gasteiger partial charge >= 0.3 is 5.97 Å². The monoisotopic (exact) mass is 530 g/mol. The number of hydrogen-bond donors (Lipinski definition) is 1. The van der Waals surface area contributed by atoms with Crippen molar-refractivity contribution in [1.82, 2.24) is 9.47 Å². The number of aryl methyl sites for hydroxylation is 2. The minimum absolute atomic E-state index is 0.214. The number of nitrogens with zero attached hydrogens (tertiary/aromatic N) is 2. The lowest BCUT2D eigenvalue weighted by atomic mass is 10.0. The lowest BCUT2D eigenvalue weighted by Gasteiger charge is -2.18. The SMILES string of the molecule is CCOC(=O)c1c(CSc2ccc(C)cc2)n(CC)c2cc(Br)c(O)c(CN3CCCC3)c12. The number of esters is 1. The molecule has 176 valence electrons. The number of benzene rings is 2. The number of carbonyl (C=O) groups excluding carboxylic acids is 1. The van der Waals surface area contributed by atoms with E-state index in [1.165, 1.54) is 5.56 Å². The molecule has 2 heterocycles. The molecule has 0 unspecified atom stereocenters. The summed E-state index contributed by atoms with van der Waals surface area (Å²) in [5.41, 5.74) is 4.51. The van der Waals surface area contributed by atoms with E-state index in [2.05, 4.69) is 63.5 Å². The Morgan fingerprint density at radius 1 is 1.18 bits per heavy atom. The molecule has 1 aliphatic heterocycles. The average Bonchev–Trinajstić information content (AvgIpc) is 3.42. The van der Waals surface area contributed by atoms with Gasteiger partial charge in [-0.1, -0.05) is 17.7 Å². The molecule has 0 radical (unpaired) electrons. The van der Waals surface area contributed by atoms with Gasteiger partial charge in [-0.3, -0.25) is 4.90 Å². The molecule has 1 saturated heterocycles. The lowest BCUT2D eigenvalue weighted by molar-refractivity contribution is 0.0527. The summed E-state index contributed by atoms with van der Waals surface area (Å²) in [7, 11) is 0. The van der Waals surface area contributed by atoms with Gasteiger partial charge < -0.3 is 14.4 Å². The summed E-state index contributed by atoms with van der Waals surface area (Å²) in [6.07, 6.45) is 2.33. The maximum atomic E-state index is 13.3. The standard InChI is InChI=1S/C26H31BrN2O3S/c1-4-29-21-14-20(27)25(30)19(15-28-12-6-7-13-28)23(21)24(26(31)32-5-2)22(29)16-33-18-10-8-17(3)9-11-18/h8-11,14,30H,4-7,12-13,15-16H2,1-3H3. The molecule has 3 aromatic rings. The molecule has 4 rings (SSSR count). The van der Waals surface area contributed by atoms with Crippen LogP contribution < -0.4 is 0 Å². The average molecular weight is 532 g/mol. The Balaban J connectivity index is 1.88. The van der Waals surface area contributed by atoms with E-state index in [1.807, 2.05) is 13.0 Å². The highest BCUT2D eigenvalue weighted by Crippen LogP contribution is 2.42. The maximum Gasteiger partial charge on any atom is 0.340 e. The number of hydrogen-bond acceptors (Lipinski definition) is 5. The zero-order valence-electron chi connectivity index (χ0n) is 19.5. The minimum Gasteiger partial charge on any atom is -0.506 e. The van der Waals surface area contributed by atoms with Gasteiger partial charge in [0.2, 0.25) is 0 Å². The summed E-state index contributed by atoms with van der Waals surface area (Å²) in [6, 6.07) is 10.4. The van der Waals surface area contributed by atoms with Gasteiger partial charge in [-0.15, -0.1) is 11.8 Å². The van der Waals surface area contributed by atoms with E-state index in [1.54, 1.807) is 11.8 Å². The van der Waals surface area contributed by atoms with Crippen LogP contribution in [0.3, 0.4) is 0 Å². The summed E-state index contributed by atoms with van der Waals surface area (Å²) in [4.78, 5) is 16.8. The first-order chi connectivity index (χ1) is 15.9. The number of aromatic nitrogens is 1. The normalized spacial score (nSPS) is 14.3. The fraction of sp³-hybridized carbons (Fsp3) is 0.423. The molecule has 1 N–H and O–H groups in total. The molecule has 1 fully saturated rings. The Morgan fingerprint density at radius 2 is 1.88 bits per heavy atom. The van der Waals surface area contributed by atoms with Crippen LogP contribution in [0.25, 0.3) is 10.9 Å². The minimum atomic E-state index is -0.321. The molecule has 2 aromatic carbocycles. The van der Waals surface area contributed by atoms with Crippen molar-refractivity contribution in [2.24, 2.45) is 0 Å². The van der Waals surface area contributed by atoms with Crippen LogP contribution in [0.5, 0.6) is 5.75 Å². The van der Waals surface area contributed by atoms with Crippen molar-refractivity contribution in [3.8, 4) is 5.75 Å². The third-order valence-electron chi connectivity index (χ3n) is 6.26. The number of aromatic hydroxyl groups is 1. The number of phenolic OH excluding ortho intramolecular Hbond substituents is 1. The van der Waals surface area contributed by atoms with E-state index in [-0.39, 0.29) is 11.7 Å². The largest absolute Gasteiger partial charge is 0.506 e. The van der Waals surface area contributed by atoms with Crippen molar-refractivity contribution in [3.05, 3.63) is 57.2 Å². The highest BCUT2D eigenvalue weighted by atomic mass is 79.9. The van der Waals surface area contributed by atoms with Crippen molar-refractivity contribution in [2.75, 3.05) is 19.7 Å². The van der Waals surface area contributed by atoms with E-state index in [9.17, 15) is 9.90 Å². The third kappa shape index (κ3) is 4.96. The van der Waals surface area contributed by atoms with Gasteiger partial charge in [0.1, 0.15) is 5.75 Å². The number of carbonyl (C=O) groups is 1. The first-order valence-electron chi connectivity index (χ1n) is 11.6. The molecule has 0 spiro atoms. The van der Waals surface area contributed by atoms with Crippen molar-refractivity contribution in [1.29, 1.82) is 0 Å². The van der Waals surface area contributed by atoms with E-state index < -0.39 is 0 Å². The molecule has 0 amide bonds. The molecular formula is C26H31BrN2O3S. The first kappa shape index (κ1) is 24.2. The molecule has 0 aliphatic carbocycles. The number of phenols is 1. The predicted molar refractivity (Wildman–Crippen MR) is 138 cm³/mol. The number of halogens is 1. The highest BCUT2D eigenvalue weighted by molar-refractivity contribution is 9.10. The second-order valence-electron chi connectivity index (χ2n) is 8.45. The lowest BCUT2D eigenvalue weighted by Crippen LogP contribution is -2.19. The predicted octanol–water partition coefficient (Wildman–Crippen LogP) is 6.50. The van der Waals surface area contributed by atoms with Gasteiger partial charge in [0, 0.05) is 40.4 Å². The number of likely N-dealkylation sites (tertiary alicyclic amines) is 1. The summed E-state index contributed by atoms with van der Waals surface area (Å²) < 4.78 is 8.38. The van der Waals surface area contributed by atoms with E-state index in [0.29, 0.717) is 28.9 Å². The van der Waals surface area contributed by atoms with Gasteiger partial charge in [0.25, 0.3) is 0 Å². The van der Waals surface area contributed by atoms with Crippen molar-refractivity contribution in [2.45, 2.75) is 57.4 Å². The summed E-state index contributed by atoms with van der Waals surface area (Å²) >= 11 is 5.27. The molecule has 5 nitrogen and oxygen atoms in total. The highest BCUT2D eigenvalue weighted by Gasteiger charge is 2.29. The fourth-order valence-corrected chi connectivity index (χ4v) is 6.02. The molecule has 7 heteroatoms. The molecule has 0 bridgehead atoms. The molecule has 0 saturated carbocycles. The Kier molecular flexibility index (Phi) is 7.72. The van der Waals surface area contributed by atoms with Gasteiger partial charge in [0.05, 0.1) is 22.2 Å². The van der Waals surface area contributed by atoms with Crippen LogP contribution in [0.1, 0.15) is 53.9 Å². The molecule has 0 atom stereocenters. The Hall–Kier alpha value is -1.96. The zero-order valence-corrected chi connectivity index (χ0v) is 21.9. The summed E-state index contributed by atoms with van der Waals surface area (Å²) in [6.45, 7) is 9.67. The van der Waals surface area contributed by atoms with Crippen LogP contribution in [0.4, 0.5) is 0 Å². The van der Waals surface area contributed by atoms with Gasteiger partial charge in [-0.05, 0) is 80.8 Å². The summed E-state index contributed by atoms with van der Waals surface area (Å²) in [5.74, 6) is 0.533. The summed E-state index contributed by atoms with van der Waals surface area (Å²) in [5, 5.41) is 11.9. The second-order valence-corrected chi connectivity index (χ2v) is 10.4. The third-order valence-corrected chi connectivity index (χ3v) is 7.89. The number of fused-ring (bicyclic) bond motifs is 1. The van der Waals surface area contributed by atoms with Crippen LogP contribution in [0, 0.1) is 6.92 Å². The van der Waals surface area contributed by atoms with E-state index in [0.717, 1.165) is 59.5 Å².